The summed E-state index contributed by atoms with van der Waals surface area (Å²) in [4.78, 5) is 4.43. The molecule has 0 spiro atoms. The highest BCUT2D eigenvalue weighted by atomic mass is 35.5. The lowest BCUT2D eigenvalue weighted by Crippen LogP contribution is -1.96. The third-order valence-corrected chi connectivity index (χ3v) is 3.19. The number of rotatable bonds is 5. The van der Waals surface area contributed by atoms with Crippen LogP contribution < -0.4 is 4.74 Å². The van der Waals surface area contributed by atoms with Crippen LogP contribution in [0.25, 0.3) is 0 Å². The molecule has 2 rings (SSSR count). The van der Waals surface area contributed by atoms with E-state index in [9.17, 15) is 0 Å². The summed E-state index contributed by atoms with van der Waals surface area (Å²) in [6.07, 6.45) is 3.49. The van der Waals surface area contributed by atoms with Crippen LogP contribution in [0, 0.1) is 6.92 Å². The first kappa shape index (κ1) is 14.4. The van der Waals surface area contributed by atoms with Crippen LogP contribution in [0.15, 0.2) is 60.1 Å². The summed E-state index contributed by atoms with van der Waals surface area (Å²) in [7, 11) is 0. The summed E-state index contributed by atoms with van der Waals surface area (Å²) in [5.74, 6) is 0.786. The lowest BCUT2D eigenvalue weighted by Gasteiger charge is -2.06. The normalized spacial score (nSPS) is 10.7. The Balaban J connectivity index is 2.22. The van der Waals surface area contributed by atoms with Crippen molar-refractivity contribution in [3.63, 3.8) is 0 Å². The molecule has 0 aromatic heterocycles. The highest BCUT2D eigenvalue weighted by Crippen LogP contribution is 2.23. The van der Waals surface area contributed by atoms with Gasteiger partial charge >= 0.3 is 0 Å². The second-order valence-electron chi connectivity index (χ2n) is 4.33. The van der Waals surface area contributed by atoms with E-state index in [0.717, 1.165) is 27.6 Å². The molecule has 0 N–H and O–H groups in total. The Morgan fingerprint density at radius 3 is 2.80 bits per heavy atom. The van der Waals surface area contributed by atoms with E-state index in [4.69, 9.17) is 16.3 Å². The molecule has 3 heteroatoms. The average molecular weight is 286 g/mol. The minimum Gasteiger partial charge on any atom is -0.489 e. The van der Waals surface area contributed by atoms with Gasteiger partial charge in [-0.25, -0.2) is 0 Å². The van der Waals surface area contributed by atoms with E-state index >= 15 is 0 Å². The zero-order chi connectivity index (χ0) is 14.4. The number of aliphatic imine (C=N–C) groups is 1. The number of halogens is 1. The van der Waals surface area contributed by atoms with Crippen LogP contribution in [0.5, 0.6) is 5.75 Å². The fourth-order valence-electron chi connectivity index (χ4n) is 1.67. The van der Waals surface area contributed by atoms with Crippen molar-refractivity contribution in [2.45, 2.75) is 6.92 Å². The third-order valence-electron chi connectivity index (χ3n) is 2.78. The van der Waals surface area contributed by atoms with Gasteiger partial charge in [-0.2, -0.15) is 0 Å². The van der Waals surface area contributed by atoms with Gasteiger partial charge in [0.1, 0.15) is 12.4 Å². The van der Waals surface area contributed by atoms with E-state index in [2.05, 4.69) is 11.6 Å². The minimum absolute atomic E-state index is 0.473. The van der Waals surface area contributed by atoms with Gasteiger partial charge in [0.2, 0.25) is 0 Å². The monoisotopic (exact) mass is 285 g/mol. The molecule has 0 aliphatic carbocycles. The molecular weight excluding hydrogens is 270 g/mol. The zero-order valence-electron chi connectivity index (χ0n) is 11.3. The summed E-state index contributed by atoms with van der Waals surface area (Å²) in [5, 5.41) is 0.718. The summed E-state index contributed by atoms with van der Waals surface area (Å²) < 4.78 is 5.58. The van der Waals surface area contributed by atoms with Crippen molar-refractivity contribution in [1.82, 2.24) is 0 Å². The Kier molecular flexibility index (Phi) is 4.97. The SMILES string of the molecule is C=CCOc1ccccc1C=Nc1ccc(C)c(Cl)c1. The summed E-state index contributed by atoms with van der Waals surface area (Å²) in [5.41, 5.74) is 2.78. The van der Waals surface area contributed by atoms with Gasteiger partial charge in [-0.1, -0.05) is 42.5 Å². The Hall–Kier alpha value is -2.06. The van der Waals surface area contributed by atoms with E-state index < -0.39 is 0 Å². The number of ether oxygens (including phenoxy) is 1. The summed E-state index contributed by atoms with van der Waals surface area (Å²) in [6, 6.07) is 13.5. The van der Waals surface area contributed by atoms with Crippen LogP contribution >= 0.6 is 11.6 Å². The Labute approximate surface area is 124 Å². The van der Waals surface area contributed by atoms with Gasteiger partial charge in [-0.05, 0) is 36.8 Å². The van der Waals surface area contributed by atoms with Gasteiger partial charge in [0.15, 0.2) is 0 Å². The number of nitrogens with zero attached hydrogens (tertiary/aromatic N) is 1. The fraction of sp³-hybridized carbons (Fsp3) is 0.118. The Morgan fingerprint density at radius 2 is 2.05 bits per heavy atom. The van der Waals surface area contributed by atoms with Crippen molar-refractivity contribution in [1.29, 1.82) is 0 Å². The number of benzene rings is 2. The fourth-order valence-corrected chi connectivity index (χ4v) is 1.85. The first-order chi connectivity index (χ1) is 9.70. The van der Waals surface area contributed by atoms with Gasteiger partial charge in [0.25, 0.3) is 0 Å². The first-order valence-corrected chi connectivity index (χ1v) is 6.71. The van der Waals surface area contributed by atoms with Crippen LogP contribution in [0.2, 0.25) is 5.02 Å². The molecule has 102 valence electrons. The molecule has 0 bridgehead atoms. The van der Waals surface area contributed by atoms with Crippen molar-refractivity contribution in [2.24, 2.45) is 4.99 Å². The van der Waals surface area contributed by atoms with Crippen molar-refractivity contribution in [3.05, 3.63) is 71.3 Å². The molecule has 20 heavy (non-hydrogen) atoms. The number of hydrogen-bond acceptors (Lipinski definition) is 2. The van der Waals surface area contributed by atoms with Crippen LogP contribution in [0.1, 0.15) is 11.1 Å². The maximum Gasteiger partial charge on any atom is 0.128 e. The first-order valence-electron chi connectivity index (χ1n) is 6.33. The maximum absolute atomic E-state index is 6.09. The van der Waals surface area contributed by atoms with Crippen LogP contribution in [-0.2, 0) is 0 Å². The van der Waals surface area contributed by atoms with Crippen molar-refractivity contribution >= 4 is 23.5 Å². The molecule has 0 amide bonds. The molecule has 2 aromatic carbocycles. The number of hydrogen-bond donors (Lipinski definition) is 0. The van der Waals surface area contributed by atoms with Crippen molar-refractivity contribution in [3.8, 4) is 5.75 Å². The highest BCUT2D eigenvalue weighted by Gasteiger charge is 2.00. The highest BCUT2D eigenvalue weighted by molar-refractivity contribution is 6.31. The molecular formula is C17H16ClNO. The van der Waals surface area contributed by atoms with Gasteiger partial charge in [0, 0.05) is 16.8 Å². The molecule has 0 atom stereocenters. The third kappa shape index (κ3) is 3.72. The van der Waals surface area contributed by atoms with E-state index in [1.165, 1.54) is 0 Å². The second kappa shape index (κ2) is 6.92. The van der Waals surface area contributed by atoms with Gasteiger partial charge < -0.3 is 4.74 Å². The minimum atomic E-state index is 0.473. The molecule has 0 radical (unpaired) electrons. The summed E-state index contributed by atoms with van der Waals surface area (Å²) >= 11 is 6.09. The Bertz CT molecular complexity index is 635. The van der Waals surface area contributed by atoms with Crippen LogP contribution in [0.4, 0.5) is 5.69 Å². The average Bonchev–Trinajstić information content (AvgIpc) is 2.47. The molecule has 0 aliphatic rings. The molecule has 0 unspecified atom stereocenters. The number of para-hydroxylation sites is 1. The second-order valence-corrected chi connectivity index (χ2v) is 4.74. The largest absolute Gasteiger partial charge is 0.489 e. The van der Waals surface area contributed by atoms with E-state index in [1.807, 2.05) is 49.4 Å². The molecule has 0 fully saturated rings. The van der Waals surface area contributed by atoms with Crippen molar-refractivity contribution in [2.75, 3.05) is 6.61 Å². The van der Waals surface area contributed by atoms with Crippen molar-refractivity contribution < 1.29 is 4.74 Å². The standard InChI is InChI=1S/C17H16ClNO/c1-3-10-20-17-7-5-4-6-14(17)12-19-15-9-8-13(2)16(18)11-15/h3-9,11-12H,1,10H2,2H3. The van der Waals surface area contributed by atoms with E-state index in [-0.39, 0.29) is 0 Å². The maximum atomic E-state index is 6.09. The predicted octanol–water partition coefficient (Wildman–Crippen LogP) is 4.96. The molecule has 0 heterocycles. The molecule has 0 saturated carbocycles. The topological polar surface area (TPSA) is 21.6 Å². The molecule has 2 aromatic rings. The predicted molar refractivity (Wildman–Crippen MR) is 85.6 cm³/mol. The van der Waals surface area contributed by atoms with E-state index in [1.54, 1.807) is 12.3 Å². The Morgan fingerprint density at radius 1 is 1.25 bits per heavy atom. The number of aryl methyl sites for hydroxylation is 1. The lowest BCUT2D eigenvalue weighted by atomic mass is 10.2. The summed E-state index contributed by atoms with van der Waals surface area (Å²) in [6.45, 7) is 6.08. The van der Waals surface area contributed by atoms with Gasteiger partial charge in [-0.15, -0.1) is 0 Å². The lowest BCUT2D eigenvalue weighted by molar-refractivity contribution is 0.363. The van der Waals surface area contributed by atoms with Crippen LogP contribution in [-0.4, -0.2) is 12.8 Å². The smallest absolute Gasteiger partial charge is 0.128 e. The van der Waals surface area contributed by atoms with Gasteiger partial charge in [0.05, 0.1) is 5.69 Å². The zero-order valence-corrected chi connectivity index (χ0v) is 12.1. The quantitative estimate of drug-likeness (QED) is 0.562. The molecule has 0 aliphatic heterocycles. The van der Waals surface area contributed by atoms with E-state index in [0.29, 0.717) is 6.61 Å². The molecule has 0 saturated heterocycles. The van der Waals surface area contributed by atoms with Crippen LogP contribution in [0.3, 0.4) is 0 Å². The van der Waals surface area contributed by atoms with Gasteiger partial charge in [-0.3, -0.25) is 4.99 Å². The molecule has 2 nitrogen and oxygen atoms in total.